The van der Waals surface area contributed by atoms with Crippen LogP contribution in [0.2, 0.25) is 0 Å². The molecule has 2 N–H and O–H groups in total. The lowest BCUT2D eigenvalue weighted by Gasteiger charge is -2.09. The Balaban J connectivity index is 1.47. The summed E-state index contributed by atoms with van der Waals surface area (Å²) in [4.78, 5) is 37.1. The smallest absolute Gasteiger partial charge is 0.342 e. The topological polar surface area (TPSA) is 107 Å². The molecule has 4 rings (SSSR count). The van der Waals surface area contributed by atoms with E-state index in [1.807, 2.05) is 37.3 Å². The van der Waals surface area contributed by atoms with Crippen LogP contribution in [0, 0.1) is 6.92 Å². The van der Waals surface area contributed by atoms with Gasteiger partial charge in [0, 0.05) is 16.5 Å². The molecule has 4 aromatic rings. The van der Waals surface area contributed by atoms with Crippen LogP contribution in [0.15, 0.2) is 77.2 Å². The average Bonchev–Trinajstić information content (AvgIpc) is 3.26. The van der Waals surface area contributed by atoms with E-state index in [0.717, 1.165) is 11.1 Å². The first kappa shape index (κ1) is 23.6. The Bertz CT molecular complexity index is 1360. The molecule has 1 heterocycles. The van der Waals surface area contributed by atoms with E-state index in [1.165, 1.54) is 0 Å². The monoisotopic (exact) mass is 472 g/mol. The number of amides is 2. The number of hydrogen-bond acceptors (Lipinski definition) is 6. The zero-order chi connectivity index (χ0) is 24.8. The Morgan fingerprint density at radius 3 is 2.37 bits per heavy atom. The van der Waals surface area contributed by atoms with Crippen molar-refractivity contribution in [3.63, 3.8) is 0 Å². The highest BCUT2D eigenvalue weighted by atomic mass is 16.5. The fourth-order valence-corrected chi connectivity index (χ4v) is 3.45. The Labute approximate surface area is 201 Å². The first-order valence-electron chi connectivity index (χ1n) is 11.0. The van der Waals surface area contributed by atoms with Crippen LogP contribution < -0.4 is 15.6 Å². The normalized spacial score (nSPS) is 10.6. The molecule has 8 nitrogen and oxygen atoms in total. The van der Waals surface area contributed by atoms with Crippen LogP contribution in [0.1, 0.15) is 33.2 Å². The van der Waals surface area contributed by atoms with Gasteiger partial charge in [-0.05, 0) is 44.2 Å². The third-order valence-corrected chi connectivity index (χ3v) is 5.17. The van der Waals surface area contributed by atoms with Gasteiger partial charge in [-0.15, -0.1) is 0 Å². The summed E-state index contributed by atoms with van der Waals surface area (Å²) < 4.78 is 16.8. The molecule has 0 aliphatic rings. The summed E-state index contributed by atoms with van der Waals surface area (Å²) in [5, 5.41) is 0.507. The van der Waals surface area contributed by atoms with Crippen LogP contribution in [0.3, 0.4) is 0 Å². The van der Waals surface area contributed by atoms with Crippen molar-refractivity contribution in [3.8, 4) is 17.1 Å². The van der Waals surface area contributed by atoms with Gasteiger partial charge in [0.2, 0.25) is 0 Å². The third-order valence-electron chi connectivity index (χ3n) is 5.17. The molecular weight excluding hydrogens is 448 g/mol. The van der Waals surface area contributed by atoms with Gasteiger partial charge in [0.1, 0.15) is 22.7 Å². The molecule has 0 radical (unpaired) electrons. The molecule has 0 spiro atoms. The highest BCUT2D eigenvalue weighted by Gasteiger charge is 2.23. The van der Waals surface area contributed by atoms with Crippen molar-refractivity contribution >= 4 is 28.8 Å². The molecule has 2 amide bonds. The molecular formula is C27H24N2O6. The van der Waals surface area contributed by atoms with Gasteiger partial charge in [0.15, 0.2) is 6.61 Å². The Morgan fingerprint density at radius 1 is 0.914 bits per heavy atom. The van der Waals surface area contributed by atoms with E-state index >= 15 is 0 Å². The summed E-state index contributed by atoms with van der Waals surface area (Å²) in [5.41, 5.74) is 7.61. The molecule has 35 heavy (non-hydrogen) atoms. The second-order valence-electron chi connectivity index (χ2n) is 7.71. The second kappa shape index (κ2) is 10.6. The van der Waals surface area contributed by atoms with E-state index < -0.39 is 17.8 Å². The first-order valence-corrected chi connectivity index (χ1v) is 11.0. The number of carbonyl (C=O) groups is 3. The second-order valence-corrected chi connectivity index (χ2v) is 7.71. The van der Waals surface area contributed by atoms with Crippen molar-refractivity contribution in [2.24, 2.45) is 0 Å². The van der Waals surface area contributed by atoms with Crippen LogP contribution in [-0.4, -0.2) is 31.0 Å². The van der Waals surface area contributed by atoms with Crippen molar-refractivity contribution in [1.29, 1.82) is 0 Å². The number of nitrogens with one attached hydrogen (secondary N) is 2. The number of carbonyl (C=O) groups excluding carboxylic acids is 3. The average molecular weight is 472 g/mol. The molecule has 0 aliphatic heterocycles. The molecule has 1 aromatic heterocycles. The largest absolute Gasteiger partial charge is 0.484 e. The highest BCUT2D eigenvalue weighted by molar-refractivity contribution is 6.09. The van der Waals surface area contributed by atoms with Crippen LogP contribution >= 0.6 is 0 Å². The molecule has 0 saturated carbocycles. The molecule has 0 saturated heterocycles. The fourth-order valence-electron chi connectivity index (χ4n) is 3.45. The third kappa shape index (κ3) is 5.50. The lowest BCUT2D eigenvalue weighted by Crippen LogP contribution is -2.43. The van der Waals surface area contributed by atoms with Crippen molar-refractivity contribution in [2.75, 3.05) is 13.2 Å². The van der Waals surface area contributed by atoms with Gasteiger partial charge in [0.05, 0.1) is 6.61 Å². The lowest BCUT2D eigenvalue weighted by molar-refractivity contribution is -0.123. The minimum atomic E-state index is -0.548. The summed E-state index contributed by atoms with van der Waals surface area (Å²) in [6.45, 7) is 3.51. The van der Waals surface area contributed by atoms with Crippen LogP contribution in [0.4, 0.5) is 0 Å². The molecule has 0 fully saturated rings. The number of aryl methyl sites for hydroxylation is 1. The van der Waals surface area contributed by atoms with Crippen LogP contribution in [-0.2, 0) is 9.53 Å². The van der Waals surface area contributed by atoms with Crippen LogP contribution in [0.25, 0.3) is 22.3 Å². The Kier molecular flexibility index (Phi) is 7.11. The number of rotatable bonds is 7. The van der Waals surface area contributed by atoms with E-state index in [0.29, 0.717) is 28.0 Å². The van der Waals surface area contributed by atoms with Crippen molar-refractivity contribution in [1.82, 2.24) is 10.9 Å². The maximum absolute atomic E-state index is 12.7. The van der Waals surface area contributed by atoms with Gasteiger partial charge in [-0.25, -0.2) is 4.79 Å². The van der Waals surface area contributed by atoms with Gasteiger partial charge in [-0.3, -0.25) is 20.4 Å². The summed E-state index contributed by atoms with van der Waals surface area (Å²) in [5.74, 6) is -0.755. The number of hydrogen-bond donors (Lipinski definition) is 2. The lowest BCUT2D eigenvalue weighted by atomic mass is 10.1. The van der Waals surface area contributed by atoms with E-state index in [9.17, 15) is 14.4 Å². The van der Waals surface area contributed by atoms with E-state index in [4.69, 9.17) is 13.9 Å². The van der Waals surface area contributed by atoms with Crippen molar-refractivity contribution in [3.05, 3.63) is 89.5 Å². The predicted octanol–water partition coefficient (Wildman–Crippen LogP) is 4.42. The van der Waals surface area contributed by atoms with E-state index in [-0.39, 0.29) is 18.8 Å². The van der Waals surface area contributed by atoms with E-state index in [2.05, 4.69) is 10.9 Å². The van der Waals surface area contributed by atoms with Gasteiger partial charge < -0.3 is 13.9 Å². The molecule has 0 aliphatic carbocycles. The standard InChI is InChI=1S/C27H24N2O6/c1-3-33-27(32)24-21-15-20(13-14-22(21)35-25(24)18-7-5-4-6-8-18)34-16-23(30)28-29-26(31)19-11-9-17(2)10-12-19/h4-15H,3,16H2,1-2H3,(H,28,30)(H,29,31). The minimum Gasteiger partial charge on any atom is -0.484 e. The number of esters is 1. The molecule has 8 heteroatoms. The number of benzene rings is 3. The van der Waals surface area contributed by atoms with Crippen molar-refractivity contribution in [2.45, 2.75) is 13.8 Å². The summed E-state index contributed by atoms with van der Waals surface area (Å²) >= 11 is 0. The summed E-state index contributed by atoms with van der Waals surface area (Å²) in [7, 11) is 0. The molecule has 3 aromatic carbocycles. The minimum absolute atomic E-state index is 0.213. The molecule has 0 unspecified atom stereocenters. The maximum Gasteiger partial charge on any atom is 0.342 e. The van der Waals surface area contributed by atoms with Gasteiger partial charge in [0.25, 0.3) is 11.8 Å². The number of hydrazine groups is 1. The summed E-state index contributed by atoms with van der Waals surface area (Å²) in [6, 6.07) is 21.1. The fraction of sp³-hybridized carbons (Fsp3) is 0.148. The zero-order valence-electron chi connectivity index (χ0n) is 19.3. The van der Waals surface area contributed by atoms with Gasteiger partial charge in [-0.1, -0.05) is 48.0 Å². The molecule has 178 valence electrons. The molecule has 0 atom stereocenters. The number of fused-ring (bicyclic) bond motifs is 1. The molecule has 0 bridgehead atoms. The Hall–Kier alpha value is -4.59. The van der Waals surface area contributed by atoms with Crippen molar-refractivity contribution < 1.29 is 28.3 Å². The van der Waals surface area contributed by atoms with Gasteiger partial charge in [-0.2, -0.15) is 0 Å². The van der Waals surface area contributed by atoms with Crippen LogP contribution in [0.5, 0.6) is 5.75 Å². The quantitative estimate of drug-likeness (QED) is 0.305. The first-order chi connectivity index (χ1) is 17.0. The summed E-state index contributed by atoms with van der Waals surface area (Å²) in [6.07, 6.45) is 0. The highest BCUT2D eigenvalue weighted by Crippen LogP contribution is 2.36. The maximum atomic E-state index is 12.7. The Morgan fingerprint density at radius 2 is 1.66 bits per heavy atom. The van der Waals surface area contributed by atoms with Gasteiger partial charge >= 0.3 is 5.97 Å². The van der Waals surface area contributed by atoms with E-state index in [1.54, 1.807) is 49.4 Å². The number of furan rings is 1. The predicted molar refractivity (Wildman–Crippen MR) is 130 cm³/mol. The zero-order valence-corrected chi connectivity index (χ0v) is 19.3. The SMILES string of the molecule is CCOC(=O)c1c(-c2ccccc2)oc2ccc(OCC(=O)NNC(=O)c3ccc(C)cc3)cc12. The number of ether oxygens (including phenoxy) is 2.